The summed E-state index contributed by atoms with van der Waals surface area (Å²) in [5.74, 6) is -0.972. The van der Waals surface area contributed by atoms with Crippen LogP contribution in [-0.2, 0) is 17.5 Å². The van der Waals surface area contributed by atoms with Gasteiger partial charge in [0.25, 0.3) is 0 Å². The second kappa shape index (κ2) is 7.26. The van der Waals surface area contributed by atoms with Gasteiger partial charge in [-0.15, -0.1) is 13.2 Å². The second-order valence-electron chi connectivity index (χ2n) is 5.26. The maximum atomic E-state index is 12.6. The number of alkyl halides is 6. The molecule has 0 bridgehead atoms. The number of rotatable bonds is 5. The number of amides is 1. The van der Waals surface area contributed by atoms with Gasteiger partial charge in [-0.3, -0.25) is 9.48 Å². The predicted octanol–water partition coefficient (Wildman–Crippen LogP) is 4.14. The van der Waals surface area contributed by atoms with E-state index in [1.807, 2.05) is 0 Å². The summed E-state index contributed by atoms with van der Waals surface area (Å²) in [5, 5.41) is 5.81. The Labute approximate surface area is 143 Å². The van der Waals surface area contributed by atoms with Gasteiger partial charge in [-0.2, -0.15) is 18.3 Å². The van der Waals surface area contributed by atoms with Crippen molar-refractivity contribution in [3.63, 3.8) is 0 Å². The SMILES string of the molecule is Cc1cc(C(F)(F)F)nn1CCC(=O)Nc1ccc(OC(F)(F)F)cc1. The van der Waals surface area contributed by atoms with Crippen molar-refractivity contribution < 1.29 is 35.9 Å². The van der Waals surface area contributed by atoms with Crippen LogP contribution in [0, 0.1) is 6.92 Å². The van der Waals surface area contributed by atoms with Gasteiger partial charge in [-0.1, -0.05) is 0 Å². The summed E-state index contributed by atoms with van der Waals surface area (Å²) < 4.78 is 78.6. The van der Waals surface area contributed by atoms with E-state index in [9.17, 15) is 31.1 Å². The monoisotopic (exact) mass is 381 g/mol. The topological polar surface area (TPSA) is 56.2 Å². The number of hydrogen-bond donors (Lipinski definition) is 1. The van der Waals surface area contributed by atoms with Crippen LogP contribution in [0.5, 0.6) is 5.75 Å². The molecule has 0 aliphatic rings. The van der Waals surface area contributed by atoms with Crippen LogP contribution in [0.1, 0.15) is 17.8 Å². The summed E-state index contributed by atoms with van der Waals surface area (Å²) in [6.07, 6.45) is -9.55. The third-order valence-corrected chi connectivity index (χ3v) is 3.19. The maximum absolute atomic E-state index is 12.6. The van der Waals surface area contributed by atoms with Gasteiger partial charge < -0.3 is 10.1 Å². The number of anilines is 1. The zero-order valence-corrected chi connectivity index (χ0v) is 13.3. The number of nitrogens with zero attached hydrogens (tertiary/aromatic N) is 2. The number of carbonyl (C=O) groups is 1. The molecule has 0 atom stereocenters. The van der Waals surface area contributed by atoms with Crippen LogP contribution in [0.15, 0.2) is 30.3 Å². The Balaban J connectivity index is 1.90. The molecule has 11 heteroatoms. The van der Waals surface area contributed by atoms with Crippen LogP contribution in [0.2, 0.25) is 0 Å². The largest absolute Gasteiger partial charge is 0.573 e. The molecule has 1 N–H and O–H groups in total. The third-order valence-electron chi connectivity index (χ3n) is 3.19. The average molecular weight is 381 g/mol. The molecule has 0 aliphatic carbocycles. The Morgan fingerprint density at radius 2 is 1.77 bits per heavy atom. The number of ether oxygens (including phenoxy) is 1. The molecular weight excluding hydrogens is 368 g/mol. The molecule has 0 saturated carbocycles. The lowest BCUT2D eigenvalue weighted by Gasteiger charge is -2.10. The van der Waals surface area contributed by atoms with Crippen molar-refractivity contribution in [1.29, 1.82) is 0 Å². The number of benzene rings is 1. The number of aromatic nitrogens is 2. The minimum absolute atomic E-state index is 0.0803. The van der Waals surface area contributed by atoms with E-state index in [4.69, 9.17) is 0 Å². The van der Waals surface area contributed by atoms with Crippen LogP contribution in [-0.4, -0.2) is 22.1 Å². The number of aryl methyl sites for hydroxylation is 2. The fourth-order valence-electron chi connectivity index (χ4n) is 2.05. The zero-order chi connectivity index (χ0) is 19.5. The van der Waals surface area contributed by atoms with Crippen molar-refractivity contribution in [2.24, 2.45) is 0 Å². The molecule has 0 saturated heterocycles. The highest BCUT2D eigenvalue weighted by atomic mass is 19.4. The molecule has 0 spiro atoms. The first-order chi connectivity index (χ1) is 11.9. The van der Waals surface area contributed by atoms with Crippen molar-refractivity contribution in [2.45, 2.75) is 32.4 Å². The molecule has 0 radical (unpaired) electrons. The van der Waals surface area contributed by atoms with Crippen LogP contribution < -0.4 is 10.1 Å². The first-order valence-electron chi connectivity index (χ1n) is 7.21. The van der Waals surface area contributed by atoms with E-state index >= 15 is 0 Å². The second-order valence-corrected chi connectivity index (χ2v) is 5.26. The normalized spacial score (nSPS) is 12.1. The van der Waals surface area contributed by atoms with Gasteiger partial charge in [0, 0.05) is 24.3 Å². The van der Waals surface area contributed by atoms with E-state index in [0.717, 1.165) is 22.9 Å². The molecule has 2 aromatic rings. The predicted molar refractivity (Wildman–Crippen MR) is 78.3 cm³/mol. The molecular formula is C15H13F6N3O2. The van der Waals surface area contributed by atoms with E-state index in [1.54, 1.807) is 0 Å². The van der Waals surface area contributed by atoms with Crippen LogP contribution in [0.3, 0.4) is 0 Å². The van der Waals surface area contributed by atoms with Crippen LogP contribution in [0.25, 0.3) is 0 Å². The smallest absolute Gasteiger partial charge is 0.406 e. The third kappa shape index (κ3) is 5.67. The highest BCUT2D eigenvalue weighted by Gasteiger charge is 2.34. The number of carbonyl (C=O) groups excluding carboxylic acids is 1. The molecule has 0 fully saturated rings. The van der Waals surface area contributed by atoms with E-state index in [0.29, 0.717) is 0 Å². The molecule has 2 rings (SSSR count). The van der Waals surface area contributed by atoms with Gasteiger partial charge in [0.1, 0.15) is 5.75 Å². The lowest BCUT2D eigenvalue weighted by Crippen LogP contribution is -2.17. The van der Waals surface area contributed by atoms with Gasteiger partial charge in [0.05, 0.1) is 0 Å². The molecule has 26 heavy (non-hydrogen) atoms. The van der Waals surface area contributed by atoms with Gasteiger partial charge in [0.15, 0.2) is 5.69 Å². The summed E-state index contributed by atoms with van der Waals surface area (Å²) >= 11 is 0. The minimum Gasteiger partial charge on any atom is -0.406 e. The zero-order valence-electron chi connectivity index (χ0n) is 13.3. The van der Waals surface area contributed by atoms with Crippen molar-refractivity contribution in [3.05, 3.63) is 41.7 Å². The molecule has 1 aromatic heterocycles. The van der Waals surface area contributed by atoms with Crippen LogP contribution in [0.4, 0.5) is 32.0 Å². The van der Waals surface area contributed by atoms with E-state index < -0.39 is 29.9 Å². The van der Waals surface area contributed by atoms with Gasteiger partial charge in [-0.05, 0) is 37.3 Å². The molecule has 5 nitrogen and oxygen atoms in total. The molecule has 0 unspecified atom stereocenters. The first-order valence-corrected chi connectivity index (χ1v) is 7.21. The summed E-state index contributed by atoms with van der Waals surface area (Å²) in [7, 11) is 0. The standard InChI is InChI=1S/C15H13F6N3O2/c1-9-8-12(14(16,17)18)23-24(9)7-6-13(25)22-10-2-4-11(5-3-10)26-15(19,20)21/h2-5,8H,6-7H2,1H3,(H,22,25). The van der Waals surface area contributed by atoms with Gasteiger partial charge in [-0.25, -0.2) is 0 Å². The van der Waals surface area contributed by atoms with Gasteiger partial charge >= 0.3 is 12.5 Å². The Morgan fingerprint density at radius 3 is 2.27 bits per heavy atom. The Hall–Kier alpha value is -2.72. The van der Waals surface area contributed by atoms with Crippen LogP contribution >= 0.6 is 0 Å². The number of nitrogens with one attached hydrogen (secondary N) is 1. The summed E-state index contributed by atoms with van der Waals surface area (Å²) in [6, 6.07) is 5.34. The molecule has 1 heterocycles. The molecule has 142 valence electrons. The summed E-state index contributed by atoms with van der Waals surface area (Å²) in [6.45, 7) is 1.35. The Bertz CT molecular complexity index is 765. The van der Waals surface area contributed by atoms with Crippen molar-refractivity contribution in [3.8, 4) is 5.75 Å². The molecule has 1 aromatic carbocycles. The highest BCUT2D eigenvalue weighted by Crippen LogP contribution is 2.28. The Morgan fingerprint density at radius 1 is 1.15 bits per heavy atom. The molecule has 1 amide bonds. The fraction of sp³-hybridized carbons (Fsp3) is 0.333. The summed E-state index contributed by atoms with van der Waals surface area (Å²) in [5.41, 5.74) is -0.577. The van der Waals surface area contributed by atoms with Crippen molar-refractivity contribution in [2.75, 3.05) is 5.32 Å². The van der Waals surface area contributed by atoms with Crippen molar-refractivity contribution >= 4 is 11.6 Å². The fourth-order valence-corrected chi connectivity index (χ4v) is 2.05. The highest BCUT2D eigenvalue weighted by molar-refractivity contribution is 5.90. The lowest BCUT2D eigenvalue weighted by molar-refractivity contribution is -0.274. The minimum atomic E-state index is -4.82. The lowest BCUT2D eigenvalue weighted by atomic mass is 10.3. The van der Waals surface area contributed by atoms with Gasteiger partial charge in [0.2, 0.25) is 5.91 Å². The summed E-state index contributed by atoms with van der Waals surface area (Å²) in [4.78, 5) is 11.8. The average Bonchev–Trinajstić information content (AvgIpc) is 2.87. The van der Waals surface area contributed by atoms with E-state index in [-0.39, 0.29) is 24.3 Å². The van der Waals surface area contributed by atoms with E-state index in [2.05, 4.69) is 15.2 Å². The number of hydrogen-bond acceptors (Lipinski definition) is 3. The quantitative estimate of drug-likeness (QED) is 0.793. The Kier molecular flexibility index (Phi) is 5.47. The molecule has 0 aliphatic heterocycles. The van der Waals surface area contributed by atoms with Crippen molar-refractivity contribution in [1.82, 2.24) is 9.78 Å². The first kappa shape index (κ1) is 19.6. The maximum Gasteiger partial charge on any atom is 0.573 e. The number of halogens is 6. The van der Waals surface area contributed by atoms with E-state index in [1.165, 1.54) is 19.1 Å².